The van der Waals surface area contributed by atoms with E-state index in [0.29, 0.717) is 13.0 Å². The van der Waals surface area contributed by atoms with Gasteiger partial charge in [-0.3, -0.25) is 4.79 Å². The zero-order chi connectivity index (χ0) is 13.4. The smallest absolute Gasteiger partial charge is 0.305 e. The summed E-state index contributed by atoms with van der Waals surface area (Å²) in [5, 5.41) is 9.39. The summed E-state index contributed by atoms with van der Waals surface area (Å²) in [7, 11) is 0. The summed E-state index contributed by atoms with van der Waals surface area (Å²) < 4.78 is 6.94. The van der Waals surface area contributed by atoms with Crippen molar-refractivity contribution in [2.24, 2.45) is 0 Å². The van der Waals surface area contributed by atoms with Crippen molar-refractivity contribution >= 4 is 5.97 Å². The Balaban J connectivity index is 2.12. The quantitative estimate of drug-likeness (QED) is 0.572. The van der Waals surface area contributed by atoms with Crippen molar-refractivity contribution < 1.29 is 14.6 Å². The number of hydrogen-bond donors (Lipinski definition) is 1. The Bertz CT molecular complexity index is 358. The van der Waals surface area contributed by atoms with E-state index in [1.54, 1.807) is 6.92 Å². The number of esters is 1. The molecular formula is C14H23NO3. The van der Waals surface area contributed by atoms with E-state index in [2.05, 4.69) is 4.57 Å². The van der Waals surface area contributed by atoms with Crippen molar-refractivity contribution in [1.82, 2.24) is 4.57 Å². The van der Waals surface area contributed by atoms with Gasteiger partial charge in [-0.05, 0) is 38.3 Å². The zero-order valence-electron chi connectivity index (χ0n) is 11.3. The number of aryl methyl sites for hydroxylation is 1. The maximum Gasteiger partial charge on any atom is 0.305 e. The lowest BCUT2D eigenvalue weighted by Crippen LogP contribution is -2.03. The zero-order valence-corrected chi connectivity index (χ0v) is 11.3. The molecule has 0 aliphatic rings. The molecule has 0 amide bonds. The standard InChI is InChI=1S/C14H23NO3/c1-3-18-14(17)7-5-4-6-9-15-10-8-13(11-15)12(2)16/h8,10-12,16H,3-7,9H2,1-2H3. The highest BCUT2D eigenvalue weighted by molar-refractivity contribution is 5.69. The minimum atomic E-state index is -0.407. The van der Waals surface area contributed by atoms with Crippen LogP contribution in [0.4, 0.5) is 0 Å². The Kier molecular flexibility index (Phi) is 6.50. The van der Waals surface area contributed by atoms with Gasteiger partial charge in [0.15, 0.2) is 0 Å². The van der Waals surface area contributed by atoms with Gasteiger partial charge in [0.2, 0.25) is 0 Å². The highest BCUT2D eigenvalue weighted by atomic mass is 16.5. The minimum Gasteiger partial charge on any atom is -0.466 e. The average molecular weight is 253 g/mol. The first-order valence-corrected chi connectivity index (χ1v) is 6.63. The lowest BCUT2D eigenvalue weighted by atomic mass is 10.2. The normalized spacial score (nSPS) is 12.4. The van der Waals surface area contributed by atoms with Crippen LogP contribution in [0.1, 0.15) is 51.2 Å². The van der Waals surface area contributed by atoms with E-state index in [1.165, 1.54) is 0 Å². The molecule has 4 nitrogen and oxygen atoms in total. The van der Waals surface area contributed by atoms with Crippen LogP contribution in [0, 0.1) is 0 Å². The first kappa shape index (κ1) is 14.8. The topological polar surface area (TPSA) is 51.5 Å². The molecule has 4 heteroatoms. The Labute approximate surface area is 109 Å². The van der Waals surface area contributed by atoms with Gasteiger partial charge in [-0.2, -0.15) is 0 Å². The van der Waals surface area contributed by atoms with E-state index < -0.39 is 6.10 Å². The minimum absolute atomic E-state index is 0.102. The highest BCUT2D eigenvalue weighted by Gasteiger charge is 2.03. The van der Waals surface area contributed by atoms with Gasteiger partial charge in [0.05, 0.1) is 12.7 Å². The van der Waals surface area contributed by atoms with Gasteiger partial charge in [0.25, 0.3) is 0 Å². The number of aromatic nitrogens is 1. The molecular weight excluding hydrogens is 230 g/mol. The molecule has 1 N–H and O–H groups in total. The number of rotatable bonds is 8. The van der Waals surface area contributed by atoms with E-state index in [1.807, 2.05) is 25.4 Å². The molecule has 1 heterocycles. The summed E-state index contributed by atoms with van der Waals surface area (Å²) in [5.74, 6) is -0.102. The monoisotopic (exact) mass is 253 g/mol. The van der Waals surface area contributed by atoms with Crippen molar-refractivity contribution in [3.63, 3.8) is 0 Å². The Morgan fingerprint density at radius 2 is 2.22 bits per heavy atom. The number of carbonyl (C=O) groups excluding carboxylic acids is 1. The third-order valence-electron chi connectivity index (χ3n) is 2.86. The van der Waals surface area contributed by atoms with Crippen LogP contribution in [-0.2, 0) is 16.1 Å². The molecule has 1 aromatic heterocycles. The molecule has 0 spiro atoms. The molecule has 1 rings (SSSR count). The van der Waals surface area contributed by atoms with Crippen molar-refractivity contribution in [3.05, 3.63) is 24.0 Å². The molecule has 0 aliphatic carbocycles. The second-order valence-corrected chi connectivity index (χ2v) is 4.47. The molecule has 0 radical (unpaired) electrons. The molecule has 0 bridgehead atoms. The van der Waals surface area contributed by atoms with E-state index >= 15 is 0 Å². The number of carbonyl (C=O) groups is 1. The Morgan fingerprint density at radius 1 is 1.44 bits per heavy atom. The number of nitrogens with zero attached hydrogens (tertiary/aromatic N) is 1. The van der Waals surface area contributed by atoms with Gasteiger partial charge >= 0.3 is 5.97 Å². The van der Waals surface area contributed by atoms with Crippen LogP contribution >= 0.6 is 0 Å². The van der Waals surface area contributed by atoms with Gasteiger partial charge in [-0.25, -0.2) is 0 Å². The number of aliphatic hydroxyl groups excluding tert-OH is 1. The first-order chi connectivity index (χ1) is 8.63. The largest absolute Gasteiger partial charge is 0.466 e. The van der Waals surface area contributed by atoms with Gasteiger partial charge in [0, 0.05) is 25.4 Å². The third kappa shape index (κ3) is 5.36. The molecule has 0 aliphatic heterocycles. The highest BCUT2D eigenvalue weighted by Crippen LogP contribution is 2.12. The van der Waals surface area contributed by atoms with Crippen LogP contribution in [-0.4, -0.2) is 22.2 Å². The van der Waals surface area contributed by atoms with E-state index in [9.17, 15) is 9.90 Å². The van der Waals surface area contributed by atoms with Crippen LogP contribution < -0.4 is 0 Å². The van der Waals surface area contributed by atoms with E-state index in [0.717, 1.165) is 31.4 Å². The fraction of sp³-hybridized carbons (Fsp3) is 0.643. The van der Waals surface area contributed by atoms with E-state index in [-0.39, 0.29) is 5.97 Å². The molecule has 0 saturated heterocycles. The predicted octanol–water partition coefficient (Wildman–Crippen LogP) is 2.66. The molecule has 0 saturated carbocycles. The Hall–Kier alpha value is -1.29. The maximum absolute atomic E-state index is 11.1. The second-order valence-electron chi connectivity index (χ2n) is 4.47. The van der Waals surface area contributed by atoms with Crippen molar-refractivity contribution in [3.8, 4) is 0 Å². The van der Waals surface area contributed by atoms with Crippen LogP contribution in [0.2, 0.25) is 0 Å². The third-order valence-corrected chi connectivity index (χ3v) is 2.86. The summed E-state index contributed by atoms with van der Waals surface area (Å²) in [6, 6.07) is 1.93. The van der Waals surface area contributed by atoms with Gasteiger partial charge in [-0.15, -0.1) is 0 Å². The van der Waals surface area contributed by atoms with E-state index in [4.69, 9.17) is 4.74 Å². The van der Waals surface area contributed by atoms with Crippen molar-refractivity contribution in [2.45, 2.75) is 52.2 Å². The summed E-state index contributed by atoms with van der Waals surface area (Å²) in [4.78, 5) is 11.1. The van der Waals surface area contributed by atoms with Gasteiger partial charge in [-0.1, -0.05) is 6.42 Å². The van der Waals surface area contributed by atoms with Crippen LogP contribution in [0.25, 0.3) is 0 Å². The average Bonchev–Trinajstić information content (AvgIpc) is 2.78. The van der Waals surface area contributed by atoms with Crippen LogP contribution in [0.5, 0.6) is 0 Å². The second kappa shape index (κ2) is 7.93. The maximum atomic E-state index is 11.1. The fourth-order valence-corrected chi connectivity index (χ4v) is 1.82. The van der Waals surface area contributed by atoms with Crippen molar-refractivity contribution in [1.29, 1.82) is 0 Å². The first-order valence-electron chi connectivity index (χ1n) is 6.63. The molecule has 102 valence electrons. The molecule has 1 unspecified atom stereocenters. The van der Waals surface area contributed by atoms with Gasteiger partial charge < -0.3 is 14.4 Å². The number of hydrogen-bond acceptors (Lipinski definition) is 3. The fourth-order valence-electron chi connectivity index (χ4n) is 1.82. The lowest BCUT2D eigenvalue weighted by molar-refractivity contribution is -0.143. The molecule has 0 aromatic carbocycles. The molecule has 18 heavy (non-hydrogen) atoms. The molecule has 1 aromatic rings. The van der Waals surface area contributed by atoms with Crippen LogP contribution in [0.3, 0.4) is 0 Å². The number of aliphatic hydroxyl groups is 1. The lowest BCUT2D eigenvalue weighted by Gasteiger charge is -2.04. The molecule has 1 atom stereocenters. The van der Waals surface area contributed by atoms with Crippen LogP contribution in [0.15, 0.2) is 18.5 Å². The summed E-state index contributed by atoms with van der Waals surface area (Å²) in [5.41, 5.74) is 0.946. The Morgan fingerprint density at radius 3 is 2.83 bits per heavy atom. The van der Waals surface area contributed by atoms with Crippen molar-refractivity contribution in [2.75, 3.05) is 6.61 Å². The summed E-state index contributed by atoms with van der Waals surface area (Å²) >= 11 is 0. The SMILES string of the molecule is CCOC(=O)CCCCCn1ccc(C(C)O)c1. The van der Waals surface area contributed by atoms with Gasteiger partial charge in [0.1, 0.15) is 0 Å². The summed E-state index contributed by atoms with van der Waals surface area (Å²) in [6.45, 7) is 4.97. The number of ether oxygens (including phenoxy) is 1. The number of unbranched alkanes of at least 4 members (excludes halogenated alkanes) is 2. The predicted molar refractivity (Wildman–Crippen MR) is 70.2 cm³/mol. The summed E-state index contributed by atoms with van der Waals surface area (Å²) in [6.07, 6.45) is 6.98. The molecule has 0 fully saturated rings.